The number of ether oxygens (including phenoxy) is 1. The lowest BCUT2D eigenvalue weighted by molar-refractivity contribution is -0.104. The molecule has 120 valence electrons. The van der Waals surface area contributed by atoms with Crippen LogP contribution in [0.15, 0.2) is 18.2 Å². The van der Waals surface area contributed by atoms with Gasteiger partial charge in [0, 0.05) is 5.56 Å². The van der Waals surface area contributed by atoms with E-state index in [1.54, 1.807) is 6.08 Å². The third kappa shape index (κ3) is 2.97. The van der Waals surface area contributed by atoms with Crippen molar-refractivity contribution >= 4 is 11.9 Å². The van der Waals surface area contributed by atoms with Gasteiger partial charge in [-0.05, 0) is 72.4 Å². The van der Waals surface area contributed by atoms with Crippen LogP contribution in [0.4, 0.5) is 0 Å². The van der Waals surface area contributed by atoms with Gasteiger partial charge in [0.15, 0.2) is 0 Å². The van der Waals surface area contributed by atoms with Crippen molar-refractivity contribution < 1.29 is 9.53 Å². The Bertz CT molecular complexity index is 606. The molecule has 0 saturated carbocycles. The Morgan fingerprint density at radius 1 is 1.14 bits per heavy atom. The van der Waals surface area contributed by atoms with Crippen LogP contribution in [-0.2, 0) is 15.6 Å². The van der Waals surface area contributed by atoms with E-state index in [0.717, 1.165) is 23.2 Å². The highest BCUT2D eigenvalue weighted by molar-refractivity contribution is 5.83. The molecule has 0 N–H and O–H groups in total. The van der Waals surface area contributed by atoms with Crippen molar-refractivity contribution in [3.05, 3.63) is 34.9 Å². The first kappa shape index (κ1) is 16.8. The standard InChI is InChI=1S/C20H28O2/c1-7-22-18-13-17-16(12-15(18)14(2)8-11-21)19(3,4)9-10-20(17,5)6/h8,11-13H,7,9-10H2,1-6H3. The van der Waals surface area contributed by atoms with E-state index in [9.17, 15) is 4.79 Å². The van der Waals surface area contributed by atoms with E-state index in [1.165, 1.54) is 24.0 Å². The van der Waals surface area contributed by atoms with E-state index in [-0.39, 0.29) is 10.8 Å². The molecule has 0 bridgehead atoms. The minimum absolute atomic E-state index is 0.159. The number of fused-ring (bicyclic) bond motifs is 1. The van der Waals surface area contributed by atoms with Crippen molar-refractivity contribution in [2.24, 2.45) is 0 Å². The van der Waals surface area contributed by atoms with Crippen molar-refractivity contribution in [2.75, 3.05) is 6.61 Å². The largest absolute Gasteiger partial charge is 0.493 e. The molecular weight excluding hydrogens is 272 g/mol. The normalized spacial score (nSPS) is 19.5. The van der Waals surface area contributed by atoms with Crippen LogP contribution in [-0.4, -0.2) is 12.9 Å². The van der Waals surface area contributed by atoms with E-state index in [0.29, 0.717) is 6.61 Å². The fourth-order valence-corrected chi connectivity index (χ4v) is 3.37. The zero-order valence-corrected chi connectivity index (χ0v) is 14.7. The molecule has 0 aliphatic heterocycles. The lowest BCUT2D eigenvalue weighted by atomic mass is 9.62. The van der Waals surface area contributed by atoms with Crippen molar-refractivity contribution in [1.82, 2.24) is 0 Å². The number of rotatable bonds is 4. The average Bonchev–Trinajstić information content (AvgIpc) is 2.44. The fraction of sp³-hybridized carbons (Fsp3) is 0.550. The van der Waals surface area contributed by atoms with Crippen molar-refractivity contribution in [2.45, 2.75) is 65.2 Å². The molecule has 0 unspecified atom stereocenters. The minimum atomic E-state index is 0.159. The molecule has 22 heavy (non-hydrogen) atoms. The molecule has 0 fully saturated rings. The lowest BCUT2D eigenvalue weighted by Gasteiger charge is -2.42. The molecule has 0 spiro atoms. The molecule has 0 atom stereocenters. The molecule has 0 saturated heterocycles. The van der Waals surface area contributed by atoms with Crippen LogP contribution in [0.1, 0.15) is 71.1 Å². The highest BCUT2D eigenvalue weighted by Crippen LogP contribution is 2.48. The van der Waals surface area contributed by atoms with Gasteiger partial charge in [-0.3, -0.25) is 4.79 Å². The van der Waals surface area contributed by atoms with Gasteiger partial charge in [-0.1, -0.05) is 27.7 Å². The Labute approximate surface area is 134 Å². The summed E-state index contributed by atoms with van der Waals surface area (Å²) in [5.74, 6) is 0.891. The summed E-state index contributed by atoms with van der Waals surface area (Å²) in [5, 5.41) is 0. The van der Waals surface area contributed by atoms with Gasteiger partial charge in [0.2, 0.25) is 0 Å². The average molecular weight is 300 g/mol. The number of carbonyl (C=O) groups excluding carboxylic acids is 1. The molecule has 0 heterocycles. The van der Waals surface area contributed by atoms with Crippen LogP contribution >= 0.6 is 0 Å². The number of allylic oxidation sites excluding steroid dienone is 2. The second-order valence-electron chi connectivity index (χ2n) is 7.58. The van der Waals surface area contributed by atoms with E-state index in [2.05, 4.69) is 39.8 Å². The van der Waals surface area contributed by atoms with Gasteiger partial charge >= 0.3 is 0 Å². The van der Waals surface area contributed by atoms with E-state index < -0.39 is 0 Å². The molecule has 0 aromatic heterocycles. The van der Waals surface area contributed by atoms with Gasteiger partial charge < -0.3 is 4.74 Å². The number of carbonyl (C=O) groups is 1. The summed E-state index contributed by atoms with van der Waals surface area (Å²) in [5.41, 5.74) is 5.10. The molecule has 2 nitrogen and oxygen atoms in total. The topological polar surface area (TPSA) is 26.3 Å². The van der Waals surface area contributed by atoms with Crippen molar-refractivity contribution in [3.8, 4) is 5.75 Å². The molecule has 2 rings (SSSR count). The van der Waals surface area contributed by atoms with E-state index >= 15 is 0 Å². The highest BCUT2D eigenvalue weighted by atomic mass is 16.5. The highest BCUT2D eigenvalue weighted by Gasteiger charge is 2.37. The number of hydrogen-bond donors (Lipinski definition) is 0. The molecule has 2 heteroatoms. The third-order valence-electron chi connectivity index (χ3n) is 5.00. The van der Waals surface area contributed by atoms with Crippen LogP contribution in [0.3, 0.4) is 0 Å². The summed E-state index contributed by atoms with van der Waals surface area (Å²) in [4.78, 5) is 10.9. The minimum Gasteiger partial charge on any atom is -0.493 e. The first-order valence-corrected chi connectivity index (χ1v) is 8.17. The zero-order chi connectivity index (χ0) is 16.5. The van der Waals surface area contributed by atoms with Crippen LogP contribution < -0.4 is 4.74 Å². The third-order valence-corrected chi connectivity index (χ3v) is 5.00. The second-order valence-corrected chi connectivity index (χ2v) is 7.58. The molecular formula is C20H28O2. The first-order chi connectivity index (χ1) is 10.2. The molecule has 1 aliphatic rings. The summed E-state index contributed by atoms with van der Waals surface area (Å²) >= 11 is 0. The molecule has 0 amide bonds. The summed E-state index contributed by atoms with van der Waals surface area (Å²) in [6, 6.07) is 4.45. The predicted octanol–water partition coefficient (Wildman–Crippen LogP) is 5.04. The maximum absolute atomic E-state index is 10.9. The van der Waals surface area contributed by atoms with Gasteiger partial charge in [-0.2, -0.15) is 0 Å². The number of aldehydes is 1. The van der Waals surface area contributed by atoms with Crippen molar-refractivity contribution in [3.63, 3.8) is 0 Å². The number of benzene rings is 1. The smallest absolute Gasteiger partial charge is 0.143 e. The lowest BCUT2D eigenvalue weighted by Crippen LogP contribution is -2.34. The Balaban J connectivity index is 2.72. The Morgan fingerprint density at radius 3 is 2.18 bits per heavy atom. The maximum atomic E-state index is 10.9. The second kappa shape index (κ2) is 5.91. The molecule has 1 aliphatic carbocycles. The van der Waals surface area contributed by atoms with E-state index in [4.69, 9.17) is 4.74 Å². The van der Waals surface area contributed by atoms with Crippen LogP contribution in [0.2, 0.25) is 0 Å². The van der Waals surface area contributed by atoms with Crippen LogP contribution in [0, 0.1) is 0 Å². The first-order valence-electron chi connectivity index (χ1n) is 8.17. The Morgan fingerprint density at radius 2 is 1.68 bits per heavy atom. The quantitative estimate of drug-likeness (QED) is 0.575. The summed E-state index contributed by atoms with van der Waals surface area (Å²) in [7, 11) is 0. The van der Waals surface area contributed by atoms with Gasteiger partial charge in [0.1, 0.15) is 12.0 Å². The van der Waals surface area contributed by atoms with Gasteiger partial charge in [0.05, 0.1) is 6.61 Å². The van der Waals surface area contributed by atoms with E-state index in [1.807, 2.05) is 13.8 Å². The van der Waals surface area contributed by atoms with Gasteiger partial charge in [-0.25, -0.2) is 0 Å². The maximum Gasteiger partial charge on any atom is 0.143 e. The zero-order valence-electron chi connectivity index (χ0n) is 14.7. The molecule has 1 aromatic rings. The SMILES string of the molecule is CCOc1cc2c(cc1C(C)=CC=O)C(C)(C)CCC2(C)C. The fourth-order valence-electron chi connectivity index (χ4n) is 3.37. The van der Waals surface area contributed by atoms with Crippen LogP contribution in [0.5, 0.6) is 5.75 Å². The molecule has 0 radical (unpaired) electrons. The Kier molecular flexibility index (Phi) is 4.51. The monoisotopic (exact) mass is 300 g/mol. The summed E-state index contributed by atoms with van der Waals surface area (Å²) < 4.78 is 5.88. The van der Waals surface area contributed by atoms with Gasteiger partial charge in [-0.15, -0.1) is 0 Å². The van der Waals surface area contributed by atoms with Crippen LogP contribution in [0.25, 0.3) is 5.57 Å². The van der Waals surface area contributed by atoms with Gasteiger partial charge in [0.25, 0.3) is 0 Å². The summed E-state index contributed by atoms with van der Waals surface area (Å²) in [6.07, 6.45) is 4.82. The number of hydrogen-bond acceptors (Lipinski definition) is 2. The van der Waals surface area contributed by atoms with Crippen molar-refractivity contribution in [1.29, 1.82) is 0 Å². The Hall–Kier alpha value is -1.57. The summed E-state index contributed by atoms with van der Waals surface area (Å²) in [6.45, 7) is 13.8. The molecule has 1 aromatic carbocycles. The predicted molar refractivity (Wildman–Crippen MR) is 92.6 cm³/mol.